The standard InChI is InChI=1S/C15H12BrFN2O2/c16-12-3-1-2-11-10(12)5-7-13(11)18-14-6-4-9(17)8-15(14)19(20)21/h1-4,6,8,13,18H,5,7H2. The molecule has 1 N–H and O–H groups in total. The number of nitrogens with one attached hydrogen (secondary N) is 1. The molecule has 0 heterocycles. The third-order valence-corrected chi connectivity index (χ3v) is 4.44. The minimum atomic E-state index is -0.609. The van der Waals surface area contributed by atoms with E-state index in [0.717, 1.165) is 28.9 Å². The van der Waals surface area contributed by atoms with E-state index in [2.05, 4.69) is 21.2 Å². The van der Waals surface area contributed by atoms with Crippen molar-refractivity contribution < 1.29 is 9.31 Å². The molecule has 21 heavy (non-hydrogen) atoms. The number of rotatable bonds is 3. The van der Waals surface area contributed by atoms with Gasteiger partial charge in [-0.25, -0.2) is 4.39 Å². The van der Waals surface area contributed by atoms with E-state index < -0.39 is 10.7 Å². The fraction of sp³-hybridized carbons (Fsp3) is 0.200. The highest BCUT2D eigenvalue weighted by Gasteiger charge is 2.26. The van der Waals surface area contributed by atoms with Gasteiger partial charge in [0.25, 0.3) is 5.69 Å². The molecule has 2 aromatic carbocycles. The average molecular weight is 351 g/mol. The number of hydrogen-bond donors (Lipinski definition) is 1. The van der Waals surface area contributed by atoms with Crippen LogP contribution in [0.3, 0.4) is 0 Å². The molecule has 1 aliphatic rings. The van der Waals surface area contributed by atoms with Gasteiger partial charge in [-0.05, 0) is 42.2 Å². The third-order valence-electron chi connectivity index (χ3n) is 3.70. The van der Waals surface area contributed by atoms with Crippen LogP contribution in [0.25, 0.3) is 0 Å². The molecule has 0 bridgehead atoms. The Morgan fingerprint density at radius 1 is 1.33 bits per heavy atom. The smallest absolute Gasteiger partial charge is 0.295 e. The summed E-state index contributed by atoms with van der Waals surface area (Å²) in [5, 5.41) is 14.2. The lowest BCUT2D eigenvalue weighted by Crippen LogP contribution is -2.09. The zero-order valence-electron chi connectivity index (χ0n) is 11.0. The Labute approximate surface area is 129 Å². The van der Waals surface area contributed by atoms with Crippen molar-refractivity contribution in [3.8, 4) is 0 Å². The van der Waals surface area contributed by atoms with Crippen LogP contribution in [0.15, 0.2) is 40.9 Å². The summed E-state index contributed by atoms with van der Waals surface area (Å²) in [6.07, 6.45) is 1.76. The maximum Gasteiger partial charge on any atom is 0.295 e. The average Bonchev–Trinajstić information content (AvgIpc) is 2.85. The van der Waals surface area contributed by atoms with Crippen LogP contribution in [0, 0.1) is 15.9 Å². The van der Waals surface area contributed by atoms with E-state index in [0.29, 0.717) is 5.69 Å². The first kappa shape index (κ1) is 14.0. The maximum absolute atomic E-state index is 13.2. The molecule has 1 aliphatic carbocycles. The summed E-state index contributed by atoms with van der Waals surface area (Å²) in [5.41, 5.74) is 2.46. The lowest BCUT2D eigenvalue weighted by atomic mass is 10.1. The molecule has 0 aliphatic heterocycles. The Balaban J connectivity index is 1.93. The summed E-state index contributed by atoms with van der Waals surface area (Å²) >= 11 is 3.52. The summed E-state index contributed by atoms with van der Waals surface area (Å²) in [7, 11) is 0. The van der Waals surface area contributed by atoms with Gasteiger partial charge in [-0.3, -0.25) is 10.1 Å². The summed E-state index contributed by atoms with van der Waals surface area (Å²) in [6.45, 7) is 0. The van der Waals surface area contributed by atoms with Gasteiger partial charge in [-0.2, -0.15) is 0 Å². The van der Waals surface area contributed by atoms with Crippen molar-refractivity contribution in [1.29, 1.82) is 0 Å². The number of nitro groups is 1. The van der Waals surface area contributed by atoms with E-state index in [-0.39, 0.29) is 11.7 Å². The van der Waals surface area contributed by atoms with E-state index in [9.17, 15) is 14.5 Å². The van der Waals surface area contributed by atoms with Crippen LogP contribution in [0.5, 0.6) is 0 Å². The summed E-state index contributed by atoms with van der Waals surface area (Å²) < 4.78 is 14.2. The van der Waals surface area contributed by atoms with Crippen LogP contribution >= 0.6 is 15.9 Å². The number of nitrogens with zero attached hydrogens (tertiary/aromatic N) is 1. The molecule has 1 unspecified atom stereocenters. The molecule has 0 amide bonds. The van der Waals surface area contributed by atoms with Crippen LogP contribution < -0.4 is 5.32 Å². The molecule has 2 aromatic rings. The van der Waals surface area contributed by atoms with E-state index in [1.165, 1.54) is 17.7 Å². The second-order valence-corrected chi connectivity index (χ2v) is 5.82. The lowest BCUT2D eigenvalue weighted by molar-refractivity contribution is -0.384. The predicted octanol–water partition coefficient (Wildman–Crippen LogP) is 4.60. The largest absolute Gasteiger partial charge is 0.373 e. The monoisotopic (exact) mass is 350 g/mol. The van der Waals surface area contributed by atoms with Crippen molar-refractivity contribution in [3.63, 3.8) is 0 Å². The van der Waals surface area contributed by atoms with Crippen molar-refractivity contribution >= 4 is 27.3 Å². The molecule has 0 saturated heterocycles. The van der Waals surface area contributed by atoms with Crippen LogP contribution in [-0.2, 0) is 6.42 Å². The number of halogens is 2. The van der Waals surface area contributed by atoms with Crippen LogP contribution in [0.1, 0.15) is 23.6 Å². The molecular formula is C15H12BrFN2O2. The van der Waals surface area contributed by atoms with Gasteiger partial charge in [0.15, 0.2) is 0 Å². The molecule has 1 atom stereocenters. The van der Waals surface area contributed by atoms with Gasteiger partial charge in [0.1, 0.15) is 11.5 Å². The predicted molar refractivity (Wildman–Crippen MR) is 81.9 cm³/mol. The van der Waals surface area contributed by atoms with Crippen molar-refractivity contribution in [1.82, 2.24) is 0 Å². The molecule has 0 radical (unpaired) electrons. The molecule has 4 nitrogen and oxygen atoms in total. The maximum atomic E-state index is 13.2. The van der Waals surface area contributed by atoms with Crippen molar-refractivity contribution in [2.45, 2.75) is 18.9 Å². The third kappa shape index (κ3) is 2.63. The second-order valence-electron chi connectivity index (χ2n) is 4.96. The van der Waals surface area contributed by atoms with Gasteiger partial charge in [-0.1, -0.05) is 28.1 Å². The number of fused-ring (bicyclic) bond motifs is 1. The Bertz CT molecular complexity index is 721. The Morgan fingerprint density at radius 2 is 2.14 bits per heavy atom. The molecule has 0 spiro atoms. The van der Waals surface area contributed by atoms with E-state index in [1.807, 2.05) is 18.2 Å². The highest BCUT2D eigenvalue weighted by molar-refractivity contribution is 9.10. The molecule has 0 fully saturated rings. The normalized spacial score (nSPS) is 16.6. The minimum absolute atomic E-state index is 0.00154. The number of nitro benzene ring substituents is 1. The fourth-order valence-corrected chi connectivity index (χ4v) is 3.31. The quantitative estimate of drug-likeness (QED) is 0.650. The molecular weight excluding hydrogens is 339 g/mol. The minimum Gasteiger partial charge on any atom is -0.373 e. The molecule has 3 rings (SSSR count). The van der Waals surface area contributed by atoms with Gasteiger partial charge >= 0.3 is 0 Å². The highest BCUT2D eigenvalue weighted by Crippen LogP contribution is 2.39. The highest BCUT2D eigenvalue weighted by atomic mass is 79.9. The van der Waals surface area contributed by atoms with Crippen LogP contribution in [0.4, 0.5) is 15.8 Å². The number of hydrogen-bond acceptors (Lipinski definition) is 3. The second kappa shape index (κ2) is 5.44. The summed E-state index contributed by atoms with van der Waals surface area (Å²) in [4.78, 5) is 10.5. The SMILES string of the molecule is O=[N+]([O-])c1cc(F)ccc1NC1CCc2c(Br)cccc21. The molecule has 0 saturated carbocycles. The van der Waals surface area contributed by atoms with Crippen molar-refractivity contribution in [2.24, 2.45) is 0 Å². The van der Waals surface area contributed by atoms with E-state index in [4.69, 9.17) is 0 Å². The first-order valence-corrected chi connectivity index (χ1v) is 7.33. The van der Waals surface area contributed by atoms with Crippen LogP contribution in [0.2, 0.25) is 0 Å². The first-order chi connectivity index (χ1) is 10.1. The lowest BCUT2D eigenvalue weighted by Gasteiger charge is -2.15. The van der Waals surface area contributed by atoms with Gasteiger partial charge in [0, 0.05) is 4.47 Å². The van der Waals surface area contributed by atoms with Crippen molar-refractivity contribution in [3.05, 3.63) is 67.9 Å². The van der Waals surface area contributed by atoms with Gasteiger partial charge in [0.2, 0.25) is 0 Å². The molecule has 108 valence electrons. The Kier molecular flexibility index (Phi) is 3.63. The zero-order valence-corrected chi connectivity index (χ0v) is 12.6. The van der Waals surface area contributed by atoms with E-state index in [1.54, 1.807) is 0 Å². The number of anilines is 1. The topological polar surface area (TPSA) is 55.2 Å². The zero-order chi connectivity index (χ0) is 15.0. The van der Waals surface area contributed by atoms with E-state index >= 15 is 0 Å². The Morgan fingerprint density at radius 3 is 2.90 bits per heavy atom. The van der Waals surface area contributed by atoms with Crippen molar-refractivity contribution in [2.75, 3.05) is 5.32 Å². The Hall–Kier alpha value is -1.95. The molecule has 0 aromatic heterocycles. The number of benzene rings is 2. The first-order valence-electron chi connectivity index (χ1n) is 6.54. The summed E-state index contributed by atoms with van der Waals surface area (Å²) in [6, 6.07) is 9.54. The van der Waals surface area contributed by atoms with Gasteiger partial charge < -0.3 is 5.32 Å². The molecule has 6 heteroatoms. The van der Waals surface area contributed by atoms with Gasteiger partial charge in [-0.15, -0.1) is 0 Å². The van der Waals surface area contributed by atoms with Gasteiger partial charge in [0.05, 0.1) is 17.0 Å². The van der Waals surface area contributed by atoms with Crippen LogP contribution in [-0.4, -0.2) is 4.92 Å². The summed E-state index contributed by atoms with van der Waals surface area (Å²) in [5.74, 6) is -0.609. The fourth-order valence-electron chi connectivity index (χ4n) is 2.73.